The van der Waals surface area contributed by atoms with Gasteiger partial charge in [0.25, 0.3) is 0 Å². The van der Waals surface area contributed by atoms with Crippen molar-refractivity contribution in [3.8, 4) is 5.75 Å². The molecule has 0 spiro atoms. The molecule has 1 saturated carbocycles. The Hall–Kier alpha value is -0.830. The summed E-state index contributed by atoms with van der Waals surface area (Å²) in [5, 5.41) is 0. The summed E-state index contributed by atoms with van der Waals surface area (Å²) in [5.74, 6) is 1.45. The third kappa shape index (κ3) is 2.81. The molecular formula is C12H13BrO2. The summed E-state index contributed by atoms with van der Waals surface area (Å²) in [6.07, 6.45) is 2.51. The summed E-state index contributed by atoms with van der Waals surface area (Å²) in [6.45, 7) is 2.30. The van der Waals surface area contributed by atoms with Gasteiger partial charge in [0.1, 0.15) is 5.75 Å². The zero-order chi connectivity index (χ0) is 10.8. The molecule has 0 heterocycles. The van der Waals surface area contributed by atoms with E-state index in [1.807, 2.05) is 18.2 Å². The normalized spacial score (nSPS) is 15.1. The van der Waals surface area contributed by atoms with Crippen LogP contribution in [0, 0.1) is 5.92 Å². The molecule has 0 bridgehead atoms. The van der Waals surface area contributed by atoms with Gasteiger partial charge in [-0.05, 0) is 43.9 Å². The van der Waals surface area contributed by atoms with E-state index >= 15 is 0 Å². The molecule has 0 radical (unpaired) electrons. The number of hydrogen-bond donors (Lipinski definition) is 0. The first-order valence-electron chi connectivity index (χ1n) is 5.10. The van der Waals surface area contributed by atoms with E-state index in [1.165, 1.54) is 12.8 Å². The van der Waals surface area contributed by atoms with E-state index in [9.17, 15) is 4.79 Å². The Labute approximate surface area is 97.8 Å². The highest BCUT2D eigenvalue weighted by Crippen LogP contribution is 2.31. The van der Waals surface area contributed by atoms with E-state index in [-0.39, 0.29) is 5.78 Å². The lowest BCUT2D eigenvalue weighted by Crippen LogP contribution is -2.04. The first-order valence-corrected chi connectivity index (χ1v) is 5.89. The van der Waals surface area contributed by atoms with Gasteiger partial charge in [-0.15, -0.1) is 0 Å². The maximum atomic E-state index is 11.4. The van der Waals surface area contributed by atoms with Crippen LogP contribution < -0.4 is 4.74 Å². The van der Waals surface area contributed by atoms with E-state index in [2.05, 4.69) is 15.9 Å². The van der Waals surface area contributed by atoms with E-state index in [1.54, 1.807) is 6.92 Å². The van der Waals surface area contributed by atoms with Crippen molar-refractivity contribution >= 4 is 21.7 Å². The van der Waals surface area contributed by atoms with Crippen LogP contribution in [0.4, 0.5) is 0 Å². The first kappa shape index (κ1) is 10.7. The molecule has 1 aromatic carbocycles. The Morgan fingerprint density at radius 1 is 1.53 bits per heavy atom. The van der Waals surface area contributed by atoms with Gasteiger partial charge >= 0.3 is 0 Å². The minimum Gasteiger partial charge on any atom is -0.493 e. The van der Waals surface area contributed by atoms with E-state index in [4.69, 9.17) is 4.74 Å². The summed E-state index contributed by atoms with van der Waals surface area (Å²) >= 11 is 3.35. The molecule has 0 saturated heterocycles. The van der Waals surface area contributed by atoms with Crippen LogP contribution in [0.5, 0.6) is 5.75 Å². The van der Waals surface area contributed by atoms with Crippen LogP contribution in [-0.2, 0) is 0 Å². The Morgan fingerprint density at radius 3 is 2.87 bits per heavy atom. The van der Waals surface area contributed by atoms with Crippen molar-refractivity contribution in [1.82, 2.24) is 0 Å². The van der Waals surface area contributed by atoms with Crippen molar-refractivity contribution < 1.29 is 9.53 Å². The number of carbonyl (C=O) groups is 1. The molecule has 2 rings (SSSR count). The minimum absolute atomic E-state index is 0.0436. The molecule has 2 nitrogen and oxygen atoms in total. The van der Waals surface area contributed by atoms with Gasteiger partial charge < -0.3 is 4.74 Å². The fourth-order valence-corrected chi connectivity index (χ4v) is 1.76. The molecule has 0 atom stereocenters. The van der Waals surface area contributed by atoms with Crippen LogP contribution in [0.1, 0.15) is 30.1 Å². The number of Topliss-reactive ketones (excluding diaryl/α,β-unsaturated/α-hetero) is 1. The van der Waals surface area contributed by atoms with Gasteiger partial charge in [-0.3, -0.25) is 4.79 Å². The Kier molecular flexibility index (Phi) is 3.10. The Balaban J connectivity index is 2.15. The van der Waals surface area contributed by atoms with Crippen molar-refractivity contribution in [2.24, 2.45) is 5.92 Å². The molecule has 0 unspecified atom stereocenters. The molecule has 1 fully saturated rings. The summed E-state index contributed by atoms with van der Waals surface area (Å²) in [7, 11) is 0. The molecular weight excluding hydrogens is 256 g/mol. The van der Waals surface area contributed by atoms with Crippen molar-refractivity contribution in [3.05, 3.63) is 28.2 Å². The van der Waals surface area contributed by atoms with Gasteiger partial charge in [-0.25, -0.2) is 0 Å². The third-order valence-electron chi connectivity index (χ3n) is 2.49. The van der Waals surface area contributed by atoms with Crippen LogP contribution in [-0.4, -0.2) is 12.4 Å². The molecule has 0 aromatic heterocycles. The number of ketones is 1. The monoisotopic (exact) mass is 268 g/mol. The number of carbonyl (C=O) groups excluding carboxylic acids is 1. The summed E-state index contributed by atoms with van der Waals surface area (Å²) < 4.78 is 6.54. The second-order valence-corrected chi connectivity index (χ2v) is 4.87. The number of halogens is 1. The van der Waals surface area contributed by atoms with Gasteiger partial charge in [0.05, 0.1) is 12.2 Å². The summed E-state index contributed by atoms with van der Waals surface area (Å²) in [4.78, 5) is 11.4. The van der Waals surface area contributed by atoms with Crippen LogP contribution in [0.15, 0.2) is 22.7 Å². The molecule has 0 aliphatic heterocycles. The van der Waals surface area contributed by atoms with E-state index in [0.717, 1.165) is 11.1 Å². The summed E-state index contributed by atoms with van der Waals surface area (Å²) in [5.41, 5.74) is 0.657. The fraction of sp³-hybridized carbons (Fsp3) is 0.417. The van der Waals surface area contributed by atoms with Crippen molar-refractivity contribution in [1.29, 1.82) is 0 Å². The smallest absolute Gasteiger partial charge is 0.163 e. The average molecular weight is 269 g/mol. The number of rotatable bonds is 4. The minimum atomic E-state index is 0.0436. The lowest BCUT2D eigenvalue weighted by atomic mass is 10.1. The second kappa shape index (κ2) is 4.35. The molecule has 15 heavy (non-hydrogen) atoms. The van der Waals surface area contributed by atoms with E-state index in [0.29, 0.717) is 17.2 Å². The predicted octanol–water partition coefficient (Wildman–Crippen LogP) is 3.44. The molecule has 0 amide bonds. The molecule has 1 aromatic rings. The fourth-order valence-electron chi connectivity index (χ4n) is 1.40. The Bertz CT molecular complexity index is 383. The highest BCUT2D eigenvalue weighted by Gasteiger charge is 2.22. The Morgan fingerprint density at radius 2 is 2.27 bits per heavy atom. The molecule has 0 N–H and O–H groups in total. The van der Waals surface area contributed by atoms with E-state index < -0.39 is 0 Å². The molecule has 80 valence electrons. The SMILES string of the molecule is CC(=O)c1cc(Br)ccc1OCC1CC1. The van der Waals surface area contributed by atoms with Crippen LogP contribution in [0.25, 0.3) is 0 Å². The third-order valence-corrected chi connectivity index (χ3v) is 2.99. The van der Waals surface area contributed by atoms with Gasteiger partial charge in [-0.2, -0.15) is 0 Å². The lowest BCUT2D eigenvalue weighted by Gasteiger charge is -2.09. The lowest BCUT2D eigenvalue weighted by molar-refractivity contribution is 0.101. The summed E-state index contributed by atoms with van der Waals surface area (Å²) in [6, 6.07) is 5.56. The highest BCUT2D eigenvalue weighted by molar-refractivity contribution is 9.10. The number of ether oxygens (including phenoxy) is 1. The second-order valence-electron chi connectivity index (χ2n) is 3.95. The zero-order valence-corrected chi connectivity index (χ0v) is 10.2. The first-order chi connectivity index (χ1) is 7.16. The van der Waals surface area contributed by atoms with Crippen LogP contribution in [0.2, 0.25) is 0 Å². The topological polar surface area (TPSA) is 26.3 Å². The maximum Gasteiger partial charge on any atom is 0.163 e. The molecule has 1 aliphatic rings. The zero-order valence-electron chi connectivity index (χ0n) is 8.63. The largest absolute Gasteiger partial charge is 0.493 e. The van der Waals surface area contributed by atoms with Crippen molar-refractivity contribution in [2.75, 3.05) is 6.61 Å². The predicted molar refractivity (Wildman–Crippen MR) is 62.4 cm³/mol. The van der Waals surface area contributed by atoms with Gasteiger partial charge in [0, 0.05) is 4.47 Å². The standard InChI is InChI=1S/C12H13BrO2/c1-8(14)11-6-10(13)4-5-12(11)15-7-9-2-3-9/h4-6,9H,2-3,7H2,1H3. The van der Waals surface area contributed by atoms with Gasteiger partial charge in [0.2, 0.25) is 0 Å². The maximum absolute atomic E-state index is 11.4. The quantitative estimate of drug-likeness (QED) is 0.782. The van der Waals surface area contributed by atoms with Crippen molar-refractivity contribution in [3.63, 3.8) is 0 Å². The number of benzene rings is 1. The average Bonchev–Trinajstić information content (AvgIpc) is 2.99. The van der Waals surface area contributed by atoms with Crippen LogP contribution in [0.3, 0.4) is 0 Å². The van der Waals surface area contributed by atoms with Gasteiger partial charge in [-0.1, -0.05) is 15.9 Å². The van der Waals surface area contributed by atoms with Gasteiger partial charge in [0.15, 0.2) is 5.78 Å². The number of hydrogen-bond acceptors (Lipinski definition) is 2. The molecule has 3 heteroatoms. The highest BCUT2D eigenvalue weighted by atomic mass is 79.9. The molecule has 1 aliphatic carbocycles. The van der Waals surface area contributed by atoms with Crippen molar-refractivity contribution in [2.45, 2.75) is 19.8 Å². The van der Waals surface area contributed by atoms with Crippen LogP contribution >= 0.6 is 15.9 Å².